The van der Waals surface area contributed by atoms with E-state index in [4.69, 9.17) is 4.74 Å². The van der Waals surface area contributed by atoms with Crippen LogP contribution in [0.4, 0.5) is 0 Å². The van der Waals surface area contributed by atoms with Gasteiger partial charge in [-0.15, -0.1) is 0 Å². The lowest BCUT2D eigenvalue weighted by Crippen LogP contribution is -2.60. The number of carbonyl (C=O) groups excluding carboxylic acids is 1. The van der Waals surface area contributed by atoms with Crippen LogP contribution in [0, 0.1) is 6.08 Å². The third-order valence-electron chi connectivity index (χ3n) is 2.98. The first-order chi connectivity index (χ1) is 8.96. The van der Waals surface area contributed by atoms with E-state index >= 15 is 0 Å². The Bertz CT molecular complexity index is 392. The van der Waals surface area contributed by atoms with Crippen molar-refractivity contribution in [2.24, 2.45) is 0 Å². The maximum absolute atomic E-state index is 12.3. The molecule has 2 rings (SSSR count). The second-order valence-corrected chi connectivity index (χ2v) is 5.81. The Kier molecular flexibility index (Phi) is 4.14. The molecule has 2 aliphatic heterocycles. The molecule has 19 heavy (non-hydrogen) atoms. The molecule has 0 spiro atoms. The first kappa shape index (κ1) is 13.9. The number of nitrogens with one attached hydrogen (secondary N) is 3. The molecule has 3 N–H and O–H groups in total. The molecule has 5 nitrogen and oxygen atoms in total. The van der Waals surface area contributed by atoms with Crippen molar-refractivity contribution in [2.45, 2.75) is 44.9 Å². The SMILES string of the molecule is CC(C)(C)OC(=O)C(NC1=CC=[C]CN1)C1CCN1. The topological polar surface area (TPSA) is 62.4 Å². The van der Waals surface area contributed by atoms with E-state index in [1.807, 2.05) is 32.9 Å². The lowest BCUT2D eigenvalue weighted by molar-refractivity contribution is -0.158. The van der Waals surface area contributed by atoms with Crippen molar-refractivity contribution < 1.29 is 9.53 Å². The highest BCUT2D eigenvalue weighted by Crippen LogP contribution is 2.15. The van der Waals surface area contributed by atoms with E-state index in [0.717, 1.165) is 18.8 Å². The van der Waals surface area contributed by atoms with Crippen molar-refractivity contribution in [1.82, 2.24) is 16.0 Å². The van der Waals surface area contributed by atoms with Gasteiger partial charge in [0.1, 0.15) is 11.6 Å². The van der Waals surface area contributed by atoms with E-state index in [1.165, 1.54) is 0 Å². The first-order valence-corrected chi connectivity index (χ1v) is 6.69. The Morgan fingerprint density at radius 3 is 2.79 bits per heavy atom. The minimum absolute atomic E-state index is 0.132. The van der Waals surface area contributed by atoms with Gasteiger partial charge in [0.15, 0.2) is 0 Å². The fourth-order valence-corrected chi connectivity index (χ4v) is 1.96. The fraction of sp³-hybridized carbons (Fsp3) is 0.643. The molecule has 2 atom stereocenters. The Balaban J connectivity index is 2.01. The van der Waals surface area contributed by atoms with Crippen molar-refractivity contribution >= 4 is 5.97 Å². The predicted molar refractivity (Wildman–Crippen MR) is 73.1 cm³/mol. The van der Waals surface area contributed by atoms with E-state index < -0.39 is 5.60 Å². The maximum atomic E-state index is 12.3. The number of hydrogen-bond acceptors (Lipinski definition) is 5. The molecular weight excluding hydrogens is 242 g/mol. The van der Waals surface area contributed by atoms with E-state index in [2.05, 4.69) is 22.0 Å². The normalized spacial score (nSPS) is 23.7. The van der Waals surface area contributed by atoms with Crippen molar-refractivity contribution in [3.8, 4) is 0 Å². The highest BCUT2D eigenvalue weighted by Gasteiger charge is 2.35. The Hall–Kier alpha value is -1.49. The molecule has 1 fully saturated rings. The summed E-state index contributed by atoms with van der Waals surface area (Å²) < 4.78 is 5.48. The van der Waals surface area contributed by atoms with Crippen LogP contribution in [0.3, 0.4) is 0 Å². The van der Waals surface area contributed by atoms with Crippen molar-refractivity contribution in [2.75, 3.05) is 13.1 Å². The van der Waals surface area contributed by atoms with Crippen LogP contribution in [0.15, 0.2) is 18.0 Å². The van der Waals surface area contributed by atoms with Gasteiger partial charge in [0, 0.05) is 12.6 Å². The predicted octanol–water partition coefficient (Wildman–Crippen LogP) is 0.452. The van der Waals surface area contributed by atoms with E-state index in [0.29, 0.717) is 6.54 Å². The van der Waals surface area contributed by atoms with Crippen molar-refractivity contribution in [3.05, 3.63) is 24.0 Å². The van der Waals surface area contributed by atoms with Gasteiger partial charge < -0.3 is 20.7 Å². The van der Waals surface area contributed by atoms with Crippen LogP contribution in [-0.4, -0.2) is 36.7 Å². The van der Waals surface area contributed by atoms with Crippen molar-refractivity contribution in [3.63, 3.8) is 0 Å². The molecule has 105 valence electrons. The molecule has 1 radical (unpaired) electrons. The van der Waals surface area contributed by atoms with Crippen molar-refractivity contribution in [1.29, 1.82) is 0 Å². The zero-order valence-electron chi connectivity index (χ0n) is 11.7. The number of esters is 1. The van der Waals surface area contributed by atoms with Gasteiger partial charge in [0.05, 0.1) is 5.82 Å². The highest BCUT2D eigenvalue weighted by atomic mass is 16.6. The lowest BCUT2D eigenvalue weighted by Gasteiger charge is -2.36. The molecule has 2 aliphatic rings. The zero-order chi connectivity index (χ0) is 13.9. The molecule has 0 aromatic carbocycles. The summed E-state index contributed by atoms with van der Waals surface area (Å²) in [6, 6.07) is -0.231. The summed E-state index contributed by atoms with van der Waals surface area (Å²) in [6.45, 7) is 7.24. The molecule has 0 amide bonds. The quantitative estimate of drug-likeness (QED) is 0.644. The smallest absolute Gasteiger partial charge is 0.330 e. The molecule has 0 bridgehead atoms. The maximum Gasteiger partial charge on any atom is 0.330 e. The van der Waals surface area contributed by atoms with Crippen LogP contribution in [0.25, 0.3) is 0 Å². The zero-order valence-corrected chi connectivity index (χ0v) is 11.7. The van der Waals surface area contributed by atoms with Gasteiger partial charge in [-0.2, -0.15) is 0 Å². The molecule has 1 saturated heterocycles. The van der Waals surface area contributed by atoms with Crippen LogP contribution in [-0.2, 0) is 9.53 Å². The van der Waals surface area contributed by atoms with E-state index in [-0.39, 0.29) is 18.1 Å². The van der Waals surface area contributed by atoms with Gasteiger partial charge in [0.2, 0.25) is 0 Å². The molecule has 5 heteroatoms. The van der Waals surface area contributed by atoms with E-state index in [1.54, 1.807) is 0 Å². The Morgan fingerprint density at radius 2 is 2.32 bits per heavy atom. The highest BCUT2D eigenvalue weighted by molar-refractivity contribution is 5.77. The van der Waals surface area contributed by atoms with Crippen LogP contribution in [0.2, 0.25) is 0 Å². The minimum Gasteiger partial charge on any atom is -0.458 e. The average Bonchev–Trinajstić information content (AvgIpc) is 2.25. The summed E-state index contributed by atoms with van der Waals surface area (Å²) >= 11 is 0. The van der Waals surface area contributed by atoms with Crippen LogP contribution in [0.1, 0.15) is 27.2 Å². The van der Waals surface area contributed by atoms with Crippen LogP contribution < -0.4 is 16.0 Å². The monoisotopic (exact) mass is 264 g/mol. The molecule has 0 aromatic heterocycles. The van der Waals surface area contributed by atoms with Gasteiger partial charge in [-0.1, -0.05) is 6.08 Å². The molecule has 2 unspecified atom stereocenters. The van der Waals surface area contributed by atoms with Gasteiger partial charge >= 0.3 is 5.97 Å². The van der Waals surface area contributed by atoms with Crippen LogP contribution in [0.5, 0.6) is 0 Å². The minimum atomic E-state index is -0.469. The average molecular weight is 264 g/mol. The number of dihydropyridines is 1. The number of hydrogen-bond donors (Lipinski definition) is 3. The van der Waals surface area contributed by atoms with Gasteiger partial charge in [-0.3, -0.25) is 0 Å². The first-order valence-electron chi connectivity index (χ1n) is 6.69. The fourth-order valence-electron chi connectivity index (χ4n) is 1.96. The van der Waals surface area contributed by atoms with E-state index in [9.17, 15) is 4.79 Å². The molecule has 0 saturated carbocycles. The third kappa shape index (κ3) is 3.99. The standard InChI is InChI=1S/C14H22N3O2/c1-14(2,3)19-13(18)12(10-7-9-15-10)17-11-6-4-5-8-16-11/h4,6,10,12,15-17H,7-9H2,1-3H3. The molecule has 2 heterocycles. The molecule has 0 aliphatic carbocycles. The number of allylic oxidation sites excluding steroid dienone is 2. The second kappa shape index (κ2) is 5.65. The van der Waals surface area contributed by atoms with Gasteiger partial charge in [-0.25, -0.2) is 4.79 Å². The summed E-state index contributed by atoms with van der Waals surface area (Å²) in [7, 11) is 0. The molecular formula is C14H22N3O2. The summed E-state index contributed by atoms with van der Waals surface area (Å²) in [5.41, 5.74) is -0.469. The summed E-state index contributed by atoms with van der Waals surface area (Å²) in [4.78, 5) is 12.3. The summed E-state index contributed by atoms with van der Waals surface area (Å²) in [5.74, 6) is 0.620. The number of rotatable bonds is 4. The lowest BCUT2D eigenvalue weighted by atomic mass is 9.98. The Labute approximate surface area is 114 Å². The number of ether oxygens (including phenoxy) is 1. The molecule has 0 aromatic rings. The van der Waals surface area contributed by atoms with Crippen LogP contribution >= 0.6 is 0 Å². The largest absolute Gasteiger partial charge is 0.458 e. The number of carbonyl (C=O) groups is 1. The van der Waals surface area contributed by atoms with Gasteiger partial charge in [0.25, 0.3) is 0 Å². The third-order valence-corrected chi connectivity index (χ3v) is 2.98. The summed E-state index contributed by atoms with van der Waals surface area (Å²) in [6.07, 6.45) is 7.73. The second-order valence-electron chi connectivity index (χ2n) is 5.81. The Morgan fingerprint density at radius 1 is 1.58 bits per heavy atom. The van der Waals surface area contributed by atoms with Gasteiger partial charge in [-0.05, 0) is 45.9 Å². The summed E-state index contributed by atoms with van der Waals surface area (Å²) in [5, 5.41) is 9.62.